The standard InChI is InChI=1S/C31H25ClF2N4O3/c1-38(31(40)41)24-8-9-25-20(17-36-27(25)16-24)14-29(39)37-28(13-18-11-22(33)15-23(34)12-18)30-26(3-2-10-35-30)19-4-6-21(32)7-5-19/h2-12,15-17,28,36H,13-14H2,1H3,(H,37,39)(H,40,41). The lowest BCUT2D eigenvalue weighted by Crippen LogP contribution is -2.32. The summed E-state index contributed by atoms with van der Waals surface area (Å²) in [5.74, 6) is -1.75. The average molecular weight is 575 g/mol. The summed E-state index contributed by atoms with van der Waals surface area (Å²) in [6, 6.07) is 18.5. The van der Waals surface area contributed by atoms with Crippen LogP contribution in [0.1, 0.15) is 22.9 Å². The Morgan fingerprint density at radius 3 is 2.49 bits per heavy atom. The van der Waals surface area contributed by atoms with Gasteiger partial charge in [-0.3, -0.25) is 14.7 Å². The van der Waals surface area contributed by atoms with Gasteiger partial charge in [-0.2, -0.15) is 0 Å². The van der Waals surface area contributed by atoms with Crippen LogP contribution >= 0.6 is 11.6 Å². The van der Waals surface area contributed by atoms with Gasteiger partial charge in [-0.15, -0.1) is 0 Å². The lowest BCUT2D eigenvalue weighted by molar-refractivity contribution is -0.121. The van der Waals surface area contributed by atoms with E-state index in [9.17, 15) is 23.5 Å². The predicted molar refractivity (Wildman–Crippen MR) is 154 cm³/mol. The number of amides is 2. The molecule has 3 N–H and O–H groups in total. The molecule has 7 nitrogen and oxygen atoms in total. The first-order valence-corrected chi connectivity index (χ1v) is 13.1. The molecular weight excluding hydrogens is 550 g/mol. The van der Waals surface area contributed by atoms with Crippen molar-refractivity contribution in [2.24, 2.45) is 0 Å². The molecule has 2 heterocycles. The minimum absolute atomic E-state index is 0.00520. The lowest BCUT2D eigenvalue weighted by atomic mass is 9.95. The zero-order valence-corrected chi connectivity index (χ0v) is 22.6. The van der Waals surface area contributed by atoms with E-state index in [0.29, 0.717) is 33.0 Å². The van der Waals surface area contributed by atoms with Gasteiger partial charge in [0.2, 0.25) is 5.91 Å². The fourth-order valence-corrected chi connectivity index (χ4v) is 4.93. The molecule has 10 heteroatoms. The van der Waals surface area contributed by atoms with E-state index in [1.807, 2.05) is 18.2 Å². The van der Waals surface area contributed by atoms with Crippen molar-refractivity contribution in [1.82, 2.24) is 15.3 Å². The average Bonchev–Trinajstić information content (AvgIpc) is 3.33. The number of aromatic nitrogens is 2. The summed E-state index contributed by atoms with van der Waals surface area (Å²) in [5, 5.41) is 13.6. The van der Waals surface area contributed by atoms with E-state index >= 15 is 0 Å². The van der Waals surface area contributed by atoms with Crippen molar-refractivity contribution in [1.29, 1.82) is 0 Å². The van der Waals surface area contributed by atoms with Crippen LogP contribution in [0.25, 0.3) is 22.0 Å². The highest BCUT2D eigenvalue weighted by atomic mass is 35.5. The number of carboxylic acid groups (broad SMARTS) is 1. The lowest BCUT2D eigenvalue weighted by Gasteiger charge is -2.22. The van der Waals surface area contributed by atoms with Gasteiger partial charge in [-0.05, 0) is 65.6 Å². The van der Waals surface area contributed by atoms with Gasteiger partial charge in [0.05, 0.1) is 18.2 Å². The van der Waals surface area contributed by atoms with Crippen LogP contribution in [-0.2, 0) is 17.6 Å². The topological polar surface area (TPSA) is 98.3 Å². The third kappa shape index (κ3) is 6.36. The summed E-state index contributed by atoms with van der Waals surface area (Å²) in [7, 11) is 1.45. The second-order valence-corrected chi connectivity index (χ2v) is 10.0. The Balaban J connectivity index is 1.46. The minimum Gasteiger partial charge on any atom is -0.465 e. The summed E-state index contributed by atoms with van der Waals surface area (Å²) in [5.41, 5.74) is 4.33. The van der Waals surface area contributed by atoms with Crippen molar-refractivity contribution in [3.63, 3.8) is 0 Å². The molecule has 0 aliphatic rings. The first-order chi connectivity index (χ1) is 19.7. The number of H-pyrrole nitrogens is 1. The van der Waals surface area contributed by atoms with Crippen molar-refractivity contribution >= 4 is 40.2 Å². The Morgan fingerprint density at radius 1 is 1.05 bits per heavy atom. The molecule has 0 bridgehead atoms. The summed E-state index contributed by atoms with van der Waals surface area (Å²) >= 11 is 6.08. The Hall–Kier alpha value is -4.76. The van der Waals surface area contributed by atoms with E-state index in [1.54, 1.807) is 48.8 Å². The van der Waals surface area contributed by atoms with Crippen LogP contribution in [-0.4, -0.2) is 34.1 Å². The third-order valence-electron chi connectivity index (χ3n) is 6.80. The molecule has 5 rings (SSSR count). The van der Waals surface area contributed by atoms with Gasteiger partial charge in [0.1, 0.15) is 11.6 Å². The molecule has 41 heavy (non-hydrogen) atoms. The molecule has 5 aromatic rings. The Labute approximate surface area is 239 Å². The number of aromatic amines is 1. The largest absolute Gasteiger partial charge is 0.465 e. The first kappa shape index (κ1) is 27.8. The second-order valence-electron chi connectivity index (χ2n) is 9.61. The molecule has 1 atom stereocenters. The maximum absolute atomic E-state index is 14.1. The van der Waals surface area contributed by atoms with Crippen molar-refractivity contribution in [3.05, 3.63) is 119 Å². The number of nitrogens with zero attached hydrogens (tertiary/aromatic N) is 2. The number of hydrogen-bond donors (Lipinski definition) is 3. The van der Waals surface area contributed by atoms with Crippen molar-refractivity contribution < 1.29 is 23.5 Å². The van der Waals surface area contributed by atoms with Gasteiger partial charge in [-0.1, -0.05) is 35.9 Å². The van der Waals surface area contributed by atoms with Gasteiger partial charge in [-0.25, -0.2) is 13.6 Å². The van der Waals surface area contributed by atoms with E-state index in [-0.39, 0.29) is 18.7 Å². The maximum atomic E-state index is 14.1. The molecule has 2 aromatic heterocycles. The van der Waals surface area contributed by atoms with Crippen LogP contribution in [0.4, 0.5) is 19.3 Å². The highest BCUT2D eigenvalue weighted by Gasteiger charge is 2.22. The number of pyridine rings is 1. The molecule has 0 saturated heterocycles. The van der Waals surface area contributed by atoms with Gasteiger partial charge in [0.15, 0.2) is 0 Å². The van der Waals surface area contributed by atoms with E-state index in [4.69, 9.17) is 11.6 Å². The van der Waals surface area contributed by atoms with Crippen LogP contribution in [0.2, 0.25) is 5.02 Å². The van der Waals surface area contributed by atoms with Crippen molar-refractivity contribution in [3.8, 4) is 11.1 Å². The predicted octanol–water partition coefficient (Wildman–Crippen LogP) is 6.92. The first-order valence-electron chi connectivity index (χ1n) is 12.7. The molecule has 2 amide bonds. The molecule has 0 saturated carbocycles. The molecule has 0 radical (unpaired) electrons. The van der Waals surface area contributed by atoms with Crippen LogP contribution in [0, 0.1) is 11.6 Å². The molecule has 0 aliphatic heterocycles. The van der Waals surface area contributed by atoms with Crippen LogP contribution in [0.15, 0.2) is 85.2 Å². The van der Waals surface area contributed by atoms with Gasteiger partial charge in [0, 0.05) is 52.7 Å². The molecule has 0 aliphatic carbocycles. The molecule has 208 valence electrons. The van der Waals surface area contributed by atoms with Gasteiger partial charge >= 0.3 is 6.09 Å². The maximum Gasteiger partial charge on any atom is 0.411 e. The molecule has 0 spiro atoms. The number of carbonyl (C=O) groups is 2. The normalized spacial score (nSPS) is 11.8. The zero-order valence-electron chi connectivity index (χ0n) is 21.9. The monoisotopic (exact) mass is 574 g/mol. The summed E-state index contributed by atoms with van der Waals surface area (Å²) in [6.45, 7) is 0. The van der Waals surface area contributed by atoms with Crippen molar-refractivity contribution in [2.75, 3.05) is 11.9 Å². The van der Waals surface area contributed by atoms with E-state index < -0.39 is 23.8 Å². The second kappa shape index (κ2) is 11.8. The fourth-order valence-electron chi connectivity index (χ4n) is 4.81. The van der Waals surface area contributed by atoms with Gasteiger partial charge in [0.25, 0.3) is 0 Å². The SMILES string of the molecule is CN(C(=O)O)c1ccc2c(CC(=O)NC(Cc3cc(F)cc(F)c3)c3ncccc3-c3ccc(Cl)cc3)c[nH]c2c1. The fraction of sp³-hybridized carbons (Fsp3) is 0.129. The molecule has 3 aromatic carbocycles. The summed E-state index contributed by atoms with van der Waals surface area (Å²) < 4.78 is 28.1. The number of fused-ring (bicyclic) bond motifs is 1. The Morgan fingerprint density at radius 2 is 1.78 bits per heavy atom. The van der Waals surface area contributed by atoms with Crippen molar-refractivity contribution in [2.45, 2.75) is 18.9 Å². The number of rotatable bonds is 8. The molecule has 0 fully saturated rings. The Bertz CT molecular complexity index is 1720. The third-order valence-corrected chi connectivity index (χ3v) is 7.05. The molecular formula is C31H25ClF2N4O3. The van der Waals surface area contributed by atoms with Gasteiger partial charge < -0.3 is 15.4 Å². The zero-order chi connectivity index (χ0) is 29.1. The number of carbonyl (C=O) groups excluding carboxylic acids is 1. The number of nitrogens with one attached hydrogen (secondary N) is 2. The quantitative estimate of drug-likeness (QED) is 0.187. The number of anilines is 1. The van der Waals surface area contributed by atoms with Crippen LogP contribution in [0.3, 0.4) is 0 Å². The van der Waals surface area contributed by atoms with E-state index in [2.05, 4.69) is 15.3 Å². The van der Waals surface area contributed by atoms with Crippen LogP contribution in [0.5, 0.6) is 0 Å². The number of benzene rings is 3. The Kier molecular flexibility index (Phi) is 7.98. The van der Waals surface area contributed by atoms with Crippen LogP contribution < -0.4 is 10.2 Å². The number of hydrogen-bond acceptors (Lipinski definition) is 3. The highest BCUT2D eigenvalue weighted by Crippen LogP contribution is 2.30. The molecule has 1 unspecified atom stereocenters. The highest BCUT2D eigenvalue weighted by molar-refractivity contribution is 6.30. The van der Waals surface area contributed by atoms with E-state index in [1.165, 1.54) is 19.2 Å². The van der Waals surface area contributed by atoms with E-state index in [0.717, 1.165) is 27.5 Å². The smallest absolute Gasteiger partial charge is 0.411 e. The summed E-state index contributed by atoms with van der Waals surface area (Å²) in [4.78, 5) is 33.5. The minimum atomic E-state index is -1.09. The number of halogens is 3. The summed E-state index contributed by atoms with van der Waals surface area (Å²) in [6.07, 6.45) is 2.31.